The molecule has 0 spiro atoms. The molecule has 0 saturated carbocycles. The second-order valence-electron chi connectivity index (χ2n) is 6.01. The minimum atomic E-state index is -0.282. The van der Waals surface area contributed by atoms with E-state index in [1.165, 1.54) is 4.90 Å². The van der Waals surface area contributed by atoms with Crippen LogP contribution in [0.3, 0.4) is 0 Å². The van der Waals surface area contributed by atoms with E-state index in [0.29, 0.717) is 35.0 Å². The second kappa shape index (κ2) is 10.5. The van der Waals surface area contributed by atoms with Crippen LogP contribution in [0.5, 0.6) is 5.75 Å². The summed E-state index contributed by atoms with van der Waals surface area (Å²) in [6.45, 7) is 4.36. The lowest BCUT2D eigenvalue weighted by atomic mass is 10.0. The van der Waals surface area contributed by atoms with Crippen LogP contribution in [-0.2, 0) is 9.59 Å². The third-order valence-corrected chi connectivity index (χ3v) is 4.28. The van der Waals surface area contributed by atoms with Crippen LogP contribution in [0, 0.1) is 0 Å². The maximum absolute atomic E-state index is 12.4. The van der Waals surface area contributed by atoms with Gasteiger partial charge in [0.25, 0.3) is 5.91 Å². The molecule has 0 atom stereocenters. The molecule has 2 amide bonds. The number of hydrogen-bond donors (Lipinski definition) is 1. The van der Waals surface area contributed by atoms with Crippen molar-refractivity contribution in [1.82, 2.24) is 10.2 Å². The van der Waals surface area contributed by atoms with Gasteiger partial charge < -0.3 is 15.0 Å². The van der Waals surface area contributed by atoms with Gasteiger partial charge in [0, 0.05) is 29.2 Å². The molecule has 0 saturated heterocycles. The number of rotatable bonds is 9. The molecule has 0 unspecified atom stereocenters. The Morgan fingerprint density at radius 1 is 0.964 bits per heavy atom. The van der Waals surface area contributed by atoms with Gasteiger partial charge in [0.1, 0.15) is 5.75 Å². The number of nitrogens with one attached hydrogen (secondary N) is 1. The first kappa shape index (κ1) is 21.4. The average molecular weight is 403 g/mol. The summed E-state index contributed by atoms with van der Waals surface area (Å²) < 4.78 is 5.50. The summed E-state index contributed by atoms with van der Waals surface area (Å²) in [5.41, 5.74) is 1.05. The van der Waals surface area contributed by atoms with Crippen LogP contribution in [0.15, 0.2) is 48.5 Å². The topological polar surface area (TPSA) is 75.7 Å². The minimum Gasteiger partial charge on any atom is -0.484 e. The number of likely N-dealkylation sites (N-methyl/N-ethyl adjacent to an activating group) is 2. The van der Waals surface area contributed by atoms with Gasteiger partial charge in [0.15, 0.2) is 12.4 Å². The van der Waals surface area contributed by atoms with Crippen LogP contribution in [0.4, 0.5) is 0 Å². The van der Waals surface area contributed by atoms with Crippen molar-refractivity contribution in [2.24, 2.45) is 0 Å². The van der Waals surface area contributed by atoms with Crippen molar-refractivity contribution in [2.45, 2.75) is 13.8 Å². The summed E-state index contributed by atoms with van der Waals surface area (Å²) in [4.78, 5) is 37.7. The molecule has 28 heavy (non-hydrogen) atoms. The fraction of sp³-hybridized carbons (Fsp3) is 0.286. The smallest absolute Gasteiger partial charge is 0.260 e. The zero-order valence-electron chi connectivity index (χ0n) is 15.9. The van der Waals surface area contributed by atoms with Crippen LogP contribution in [-0.4, -0.2) is 48.7 Å². The Morgan fingerprint density at radius 2 is 1.54 bits per heavy atom. The molecule has 0 aliphatic rings. The second-order valence-corrected chi connectivity index (χ2v) is 6.45. The molecular weight excluding hydrogens is 380 g/mol. The zero-order valence-corrected chi connectivity index (χ0v) is 16.7. The van der Waals surface area contributed by atoms with E-state index < -0.39 is 0 Å². The summed E-state index contributed by atoms with van der Waals surface area (Å²) >= 11 is 5.84. The predicted molar refractivity (Wildman–Crippen MR) is 108 cm³/mol. The quantitative estimate of drug-likeness (QED) is 0.654. The fourth-order valence-corrected chi connectivity index (χ4v) is 2.64. The van der Waals surface area contributed by atoms with Crippen molar-refractivity contribution in [3.8, 4) is 5.75 Å². The largest absolute Gasteiger partial charge is 0.484 e. The molecule has 0 fully saturated rings. The van der Waals surface area contributed by atoms with E-state index in [-0.39, 0.29) is 30.7 Å². The normalized spacial score (nSPS) is 10.2. The molecule has 0 aliphatic heterocycles. The lowest BCUT2D eigenvalue weighted by Gasteiger charge is -2.20. The van der Waals surface area contributed by atoms with E-state index in [0.717, 1.165) is 0 Å². The minimum absolute atomic E-state index is 0.00106. The predicted octanol–water partition coefficient (Wildman–Crippen LogP) is 2.93. The molecule has 7 heteroatoms. The van der Waals surface area contributed by atoms with Crippen molar-refractivity contribution in [2.75, 3.05) is 26.2 Å². The Labute approximate surface area is 169 Å². The first-order chi connectivity index (χ1) is 13.4. The Balaban J connectivity index is 1.93. The Bertz CT molecular complexity index is 819. The maximum atomic E-state index is 12.4. The van der Waals surface area contributed by atoms with Gasteiger partial charge in [-0.2, -0.15) is 0 Å². The number of carbonyl (C=O) groups excluding carboxylic acids is 3. The van der Waals surface area contributed by atoms with Crippen molar-refractivity contribution in [3.05, 3.63) is 64.7 Å². The molecule has 148 valence electrons. The van der Waals surface area contributed by atoms with E-state index in [2.05, 4.69) is 5.32 Å². The summed E-state index contributed by atoms with van der Waals surface area (Å²) in [5, 5.41) is 3.23. The molecule has 1 N–H and O–H groups in total. The van der Waals surface area contributed by atoms with Gasteiger partial charge in [-0.25, -0.2) is 0 Å². The van der Waals surface area contributed by atoms with Gasteiger partial charge in [-0.1, -0.05) is 11.6 Å². The number of ether oxygens (including phenoxy) is 1. The highest BCUT2D eigenvalue weighted by Gasteiger charge is 2.16. The summed E-state index contributed by atoms with van der Waals surface area (Å²) in [5.74, 6) is -0.147. The van der Waals surface area contributed by atoms with Gasteiger partial charge in [-0.15, -0.1) is 0 Å². The maximum Gasteiger partial charge on any atom is 0.260 e. The molecule has 0 radical (unpaired) electrons. The van der Waals surface area contributed by atoms with E-state index in [1.807, 2.05) is 6.92 Å². The first-order valence-corrected chi connectivity index (χ1v) is 9.40. The number of ketones is 1. The van der Waals surface area contributed by atoms with E-state index >= 15 is 0 Å². The van der Waals surface area contributed by atoms with E-state index in [1.54, 1.807) is 55.5 Å². The fourth-order valence-electron chi connectivity index (χ4n) is 2.51. The van der Waals surface area contributed by atoms with E-state index in [4.69, 9.17) is 16.3 Å². The first-order valence-electron chi connectivity index (χ1n) is 9.02. The molecule has 0 heterocycles. The number of nitrogens with zero attached hydrogens (tertiary/aromatic N) is 1. The monoisotopic (exact) mass is 402 g/mol. The summed E-state index contributed by atoms with van der Waals surface area (Å²) in [7, 11) is 0. The number of benzene rings is 2. The number of amides is 2. The molecule has 6 nitrogen and oxygen atoms in total. The van der Waals surface area contributed by atoms with Crippen LogP contribution < -0.4 is 10.1 Å². The van der Waals surface area contributed by atoms with Gasteiger partial charge in [-0.05, 0) is 62.4 Å². The molecule has 2 rings (SSSR count). The molecule has 0 bridgehead atoms. The van der Waals surface area contributed by atoms with Crippen LogP contribution >= 0.6 is 11.6 Å². The van der Waals surface area contributed by atoms with Gasteiger partial charge >= 0.3 is 0 Å². The number of halogens is 1. The molecule has 0 aromatic heterocycles. The third-order valence-electron chi connectivity index (χ3n) is 4.03. The van der Waals surface area contributed by atoms with Crippen LogP contribution in [0.1, 0.15) is 29.8 Å². The molecule has 2 aromatic carbocycles. The lowest BCUT2D eigenvalue weighted by molar-refractivity contribution is -0.137. The molecular formula is C21H23ClN2O4. The number of carbonyl (C=O) groups is 3. The van der Waals surface area contributed by atoms with Crippen molar-refractivity contribution < 1.29 is 19.1 Å². The highest BCUT2D eigenvalue weighted by atomic mass is 35.5. The van der Waals surface area contributed by atoms with Crippen molar-refractivity contribution in [1.29, 1.82) is 0 Å². The zero-order chi connectivity index (χ0) is 20.5. The number of hydrogen-bond acceptors (Lipinski definition) is 4. The van der Waals surface area contributed by atoms with Gasteiger partial charge in [-0.3, -0.25) is 14.4 Å². The average Bonchev–Trinajstić information content (AvgIpc) is 2.71. The summed E-state index contributed by atoms with van der Waals surface area (Å²) in [6.07, 6.45) is 0. The Morgan fingerprint density at radius 3 is 2.07 bits per heavy atom. The SMILES string of the molecule is CCNC(=O)CN(CC)C(=O)COc1ccc(C(=O)c2ccc(Cl)cc2)cc1. The van der Waals surface area contributed by atoms with Crippen molar-refractivity contribution in [3.63, 3.8) is 0 Å². The molecule has 0 aliphatic carbocycles. The third kappa shape index (κ3) is 6.09. The van der Waals surface area contributed by atoms with Crippen molar-refractivity contribution >= 4 is 29.2 Å². The standard InChI is InChI=1S/C21H23ClN2O4/c1-3-23-19(25)13-24(4-2)20(26)14-28-18-11-7-16(8-12-18)21(27)15-5-9-17(22)10-6-15/h5-12H,3-4,13-14H2,1-2H3,(H,23,25). The molecule has 2 aromatic rings. The van der Waals surface area contributed by atoms with Gasteiger partial charge in [0.05, 0.1) is 6.54 Å². The van der Waals surface area contributed by atoms with Crippen LogP contribution in [0.25, 0.3) is 0 Å². The Kier molecular flexibility index (Phi) is 8.02. The summed E-state index contributed by atoms with van der Waals surface area (Å²) in [6, 6.07) is 13.2. The van der Waals surface area contributed by atoms with Crippen LogP contribution in [0.2, 0.25) is 5.02 Å². The van der Waals surface area contributed by atoms with Gasteiger partial charge in [0.2, 0.25) is 5.91 Å². The Hall–Kier alpha value is -2.86. The highest BCUT2D eigenvalue weighted by Crippen LogP contribution is 2.17. The highest BCUT2D eigenvalue weighted by molar-refractivity contribution is 6.30. The lowest BCUT2D eigenvalue weighted by Crippen LogP contribution is -2.42. The van der Waals surface area contributed by atoms with E-state index in [9.17, 15) is 14.4 Å².